The maximum Gasteiger partial charge on any atom is 0.261 e. The number of amides is 2. The fraction of sp³-hybridized carbons (Fsp3) is 0.333. The molecular weight excluding hydrogens is 407 g/mol. The van der Waals surface area contributed by atoms with E-state index in [9.17, 15) is 14.0 Å². The second-order valence-corrected chi connectivity index (χ2v) is 7.88. The van der Waals surface area contributed by atoms with Gasteiger partial charge in [-0.3, -0.25) is 9.59 Å². The van der Waals surface area contributed by atoms with Crippen LogP contribution in [0.4, 0.5) is 4.39 Å². The van der Waals surface area contributed by atoms with Gasteiger partial charge in [0.1, 0.15) is 5.82 Å². The molecule has 1 aromatic carbocycles. The molecule has 1 N–H and O–H groups in total. The Hall–Kier alpha value is -1.73. The van der Waals surface area contributed by atoms with Gasteiger partial charge in [-0.1, -0.05) is 12.1 Å². The molecule has 0 aliphatic carbocycles. The number of benzene rings is 1. The van der Waals surface area contributed by atoms with Gasteiger partial charge in [-0.25, -0.2) is 4.39 Å². The summed E-state index contributed by atoms with van der Waals surface area (Å²) in [6, 6.07) is 7.87. The summed E-state index contributed by atoms with van der Waals surface area (Å²) in [4.78, 5) is 26.8. The second-order valence-electron chi connectivity index (χ2n) is 6.05. The van der Waals surface area contributed by atoms with E-state index in [2.05, 4.69) is 21.2 Å². The van der Waals surface area contributed by atoms with Crippen LogP contribution in [-0.2, 0) is 0 Å². The SMILES string of the molecule is O=C(NCC1CCN(C(=O)c2ccccc2F)CC1)c1cc(Br)cs1. The van der Waals surface area contributed by atoms with Gasteiger partial charge >= 0.3 is 0 Å². The molecule has 1 saturated heterocycles. The topological polar surface area (TPSA) is 49.4 Å². The van der Waals surface area contributed by atoms with Crippen molar-refractivity contribution in [2.24, 2.45) is 5.92 Å². The molecular formula is C18H18BrFN2O2S. The molecule has 7 heteroatoms. The molecule has 2 aromatic rings. The summed E-state index contributed by atoms with van der Waals surface area (Å²) in [5.74, 6) is -0.481. The van der Waals surface area contributed by atoms with E-state index in [1.165, 1.54) is 23.5 Å². The molecule has 1 aliphatic heterocycles. The maximum absolute atomic E-state index is 13.7. The molecule has 1 aromatic heterocycles. The van der Waals surface area contributed by atoms with E-state index >= 15 is 0 Å². The molecule has 1 fully saturated rings. The average Bonchev–Trinajstić information content (AvgIpc) is 3.06. The number of halogens is 2. The average molecular weight is 425 g/mol. The molecule has 3 rings (SSSR count). The number of rotatable bonds is 4. The minimum atomic E-state index is -0.482. The first kappa shape index (κ1) is 18.1. The summed E-state index contributed by atoms with van der Waals surface area (Å²) in [6.07, 6.45) is 1.60. The highest BCUT2D eigenvalue weighted by atomic mass is 79.9. The quantitative estimate of drug-likeness (QED) is 0.807. The number of piperidine rings is 1. The third kappa shape index (κ3) is 4.46. The van der Waals surface area contributed by atoms with E-state index in [1.54, 1.807) is 23.1 Å². The van der Waals surface area contributed by atoms with Gasteiger partial charge in [0.05, 0.1) is 10.4 Å². The van der Waals surface area contributed by atoms with Crippen LogP contribution in [0.5, 0.6) is 0 Å². The predicted molar refractivity (Wildman–Crippen MR) is 99.4 cm³/mol. The van der Waals surface area contributed by atoms with E-state index in [-0.39, 0.29) is 17.4 Å². The summed E-state index contributed by atoms with van der Waals surface area (Å²) in [5.41, 5.74) is 0.123. The van der Waals surface area contributed by atoms with Gasteiger partial charge in [0, 0.05) is 29.5 Å². The minimum absolute atomic E-state index is 0.0689. The van der Waals surface area contributed by atoms with Gasteiger partial charge < -0.3 is 10.2 Å². The molecule has 0 unspecified atom stereocenters. The smallest absolute Gasteiger partial charge is 0.261 e. The van der Waals surface area contributed by atoms with Crippen LogP contribution in [-0.4, -0.2) is 36.3 Å². The summed E-state index contributed by atoms with van der Waals surface area (Å²) in [7, 11) is 0. The Morgan fingerprint density at radius 1 is 1.28 bits per heavy atom. The van der Waals surface area contributed by atoms with Crippen LogP contribution in [0.25, 0.3) is 0 Å². The first-order chi connectivity index (χ1) is 12.0. The van der Waals surface area contributed by atoms with E-state index < -0.39 is 5.82 Å². The summed E-state index contributed by atoms with van der Waals surface area (Å²) >= 11 is 4.74. The van der Waals surface area contributed by atoms with E-state index in [4.69, 9.17) is 0 Å². The van der Waals surface area contributed by atoms with Crippen molar-refractivity contribution in [3.63, 3.8) is 0 Å². The summed E-state index contributed by atoms with van der Waals surface area (Å²) in [5, 5.41) is 4.83. The Morgan fingerprint density at radius 3 is 2.64 bits per heavy atom. The molecule has 25 heavy (non-hydrogen) atoms. The number of thiophene rings is 1. The maximum atomic E-state index is 13.7. The number of hydrogen-bond acceptors (Lipinski definition) is 3. The van der Waals surface area contributed by atoms with Crippen molar-refractivity contribution in [3.8, 4) is 0 Å². The van der Waals surface area contributed by atoms with Crippen LogP contribution in [0.3, 0.4) is 0 Å². The summed E-state index contributed by atoms with van der Waals surface area (Å²) < 4.78 is 14.7. The number of nitrogens with zero attached hydrogens (tertiary/aromatic N) is 1. The number of carbonyl (C=O) groups is 2. The normalized spacial score (nSPS) is 15.2. The lowest BCUT2D eigenvalue weighted by Crippen LogP contribution is -2.41. The van der Waals surface area contributed by atoms with Gasteiger partial charge in [0.2, 0.25) is 0 Å². The highest BCUT2D eigenvalue weighted by Crippen LogP contribution is 2.21. The number of likely N-dealkylation sites (tertiary alicyclic amines) is 1. The Kier molecular flexibility index (Phi) is 5.86. The lowest BCUT2D eigenvalue weighted by atomic mass is 9.96. The monoisotopic (exact) mass is 424 g/mol. The third-order valence-corrected chi connectivity index (χ3v) is 6.04. The van der Waals surface area contributed by atoms with Crippen molar-refractivity contribution in [2.45, 2.75) is 12.8 Å². The Labute approximate surface area is 158 Å². The van der Waals surface area contributed by atoms with Gasteiger partial charge in [-0.2, -0.15) is 0 Å². The standard InChI is InChI=1S/C18H18BrFN2O2S/c19-13-9-16(25-11-13)17(23)21-10-12-5-7-22(8-6-12)18(24)14-3-1-2-4-15(14)20/h1-4,9,11-12H,5-8,10H2,(H,21,23). The van der Waals surface area contributed by atoms with Crippen molar-refractivity contribution < 1.29 is 14.0 Å². The minimum Gasteiger partial charge on any atom is -0.351 e. The van der Waals surface area contributed by atoms with E-state index in [0.717, 1.165) is 17.3 Å². The molecule has 0 radical (unpaired) electrons. The Bertz CT molecular complexity index is 772. The first-order valence-electron chi connectivity index (χ1n) is 8.10. The van der Waals surface area contributed by atoms with Gasteiger partial charge in [0.15, 0.2) is 0 Å². The third-order valence-electron chi connectivity index (χ3n) is 4.35. The van der Waals surface area contributed by atoms with E-state index in [1.807, 2.05) is 5.38 Å². The zero-order chi connectivity index (χ0) is 17.8. The number of carbonyl (C=O) groups excluding carboxylic acids is 2. The molecule has 0 saturated carbocycles. The van der Waals surface area contributed by atoms with Crippen LogP contribution >= 0.6 is 27.3 Å². The van der Waals surface area contributed by atoms with E-state index in [0.29, 0.717) is 30.4 Å². The number of hydrogen-bond donors (Lipinski definition) is 1. The molecule has 1 aliphatic rings. The lowest BCUT2D eigenvalue weighted by Gasteiger charge is -2.32. The number of nitrogens with one attached hydrogen (secondary N) is 1. The molecule has 2 amide bonds. The Morgan fingerprint density at radius 2 is 2.00 bits per heavy atom. The molecule has 0 spiro atoms. The zero-order valence-electron chi connectivity index (χ0n) is 13.5. The van der Waals surface area contributed by atoms with Crippen LogP contribution in [0.15, 0.2) is 40.2 Å². The van der Waals surface area contributed by atoms with Gasteiger partial charge in [-0.05, 0) is 52.9 Å². The van der Waals surface area contributed by atoms with Crippen molar-refractivity contribution in [2.75, 3.05) is 19.6 Å². The van der Waals surface area contributed by atoms with Crippen LogP contribution in [0.1, 0.15) is 32.9 Å². The van der Waals surface area contributed by atoms with Gasteiger partial charge in [-0.15, -0.1) is 11.3 Å². The fourth-order valence-electron chi connectivity index (χ4n) is 2.90. The summed E-state index contributed by atoms with van der Waals surface area (Å²) in [6.45, 7) is 1.76. The highest BCUT2D eigenvalue weighted by molar-refractivity contribution is 9.10. The second kappa shape index (κ2) is 8.10. The molecule has 4 nitrogen and oxygen atoms in total. The molecule has 0 bridgehead atoms. The molecule has 132 valence electrons. The van der Waals surface area contributed by atoms with Crippen LogP contribution in [0, 0.1) is 11.7 Å². The van der Waals surface area contributed by atoms with Crippen molar-refractivity contribution in [3.05, 3.63) is 56.4 Å². The zero-order valence-corrected chi connectivity index (χ0v) is 15.9. The fourth-order valence-corrected chi connectivity index (χ4v) is 4.24. The van der Waals surface area contributed by atoms with Crippen LogP contribution < -0.4 is 5.32 Å². The largest absolute Gasteiger partial charge is 0.351 e. The molecule has 0 atom stereocenters. The predicted octanol–water partition coefficient (Wildman–Crippen LogP) is 3.93. The first-order valence-corrected chi connectivity index (χ1v) is 9.78. The highest BCUT2D eigenvalue weighted by Gasteiger charge is 2.25. The Balaban J connectivity index is 1.48. The van der Waals surface area contributed by atoms with Crippen molar-refractivity contribution >= 4 is 39.1 Å². The van der Waals surface area contributed by atoms with Crippen molar-refractivity contribution in [1.29, 1.82) is 0 Å². The van der Waals surface area contributed by atoms with Gasteiger partial charge in [0.25, 0.3) is 11.8 Å². The van der Waals surface area contributed by atoms with Crippen LogP contribution in [0.2, 0.25) is 0 Å². The van der Waals surface area contributed by atoms with Crippen molar-refractivity contribution in [1.82, 2.24) is 10.2 Å². The lowest BCUT2D eigenvalue weighted by molar-refractivity contribution is 0.0680. The molecule has 2 heterocycles.